The quantitative estimate of drug-likeness (QED) is 0.693. The molecule has 0 amide bonds. The van der Waals surface area contributed by atoms with E-state index in [1.165, 1.54) is 44.9 Å². The molecule has 0 heterocycles. The van der Waals surface area contributed by atoms with Crippen molar-refractivity contribution in [3.63, 3.8) is 0 Å². The molecule has 0 aromatic carbocycles. The number of nitrogens with one attached hydrogen (secondary N) is 2. The lowest BCUT2D eigenvalue weighted by atomic mass is 9.86. The van der Waals surface area contributed by atoms with Crippen LogP contribution in [0, 0.1) is 0 Å². The lowest BCUT2D eigenvalue weighted by molar-refractivity contribution is 0.230. The third kappa shape index (κ3) is 2.23. The Labute approximate surface area is 81.5 Å². The van der Waals surface area contributed by atoms with Gasteiger partial charge in [-0.1, -0.05) is 19.3 Å². The van der Waals surface area contributed by atoms with Gasteiger partial charge in [0, 0.05) is 18.1 Å². The lowest BCUT2D eigenvalue weighted by Gasteiger charge is -2.38. The van der Waals surface area contributed by atoms with Crippen LogP contribution in [-0.2, 0) is 0 Å². The molecule has 2 aliphatic carbocycles. The summed E-state index contributed by atoms with van der Waals surface area (Å²) in [5.74, 6) is 0. The molecule has 0 radical (unpaired) electrons. The minimum absolute atomic E-state index is 0.731. The highest BCUT2D eigenvalue weighted by Crippen LogP contribution is 2.23. The molecule has 0 unspecified atom stereocenters. The zero-order chi connectivity index (χ0) is 9.10. The van der Waals surface area contributed by atoms with Crippen LogP contribution in [0.1, 0.15) is 44.9 Å². The summed E-state index contributed by atoms with van der Waals surface area (Å²) in [5, 5.41) is 7.24. The van der Waals surface area contributed by atoms with E-state index in [1.54, 1.807) is 0 Å². The molecule has 0 aromatic heterocycles. The van der Waals surface area contributed by atoms with Crippen LogP contribution in [0.5, 0.6) is 0 Å². The van der Waals surface area contributed by atoms with Crippen LogP contribution in [-0.4, -0.2) is 25.2 Å². The second kappa shape index (κ2) is 4.43. The van der Waals surface area contributed by atoms with Crippen LogP contribution >= 0.6 is 0 Å². The third-order valence-electron chi connectivity index (χ3n) is 3.69. The monoisotopic (exact) mass is 182 g/mol. The Morgan fingerprint density at radius 1 is 0.846 bits per heavy atom. The zero-order valence-electron chi connectivity index (χ0n) is 8.68. The van der Waals surface area contributed by atoms with Crippen LogP contribution in [0.4, 0.5) is 0 Å². The molecule has 2 atom stereocenters. The molecule has 0 aromatic rings. The van der Waals surface area contributed by atoms with Crippen molar-refractivity contribution in [2.75, 3.05) is 7.05 Å². The van der Waals surface area contributed by atoms with Gasteiger partial charge in [0.1, 0.15) is 0 Å². The van der Waals surface area contributed by atoms with E-state index in [-0.39, 0.29) is 0 Å². The standard InChI is InChI=1S/C11H22N2/c1-12-10-7-2-3-8-11(10)13-9-5-4-6-9/h9-13H,2-8H2,1H3/t10-,11-/m0/s1. The molecule has 0 bridgehead atoms. The second-order valence-corrected chi connectivity index (χ2v) is 4.58. The maximum Gasteiger partial charge on any atom is 0.0223 e. The summed E-state index contributed by atoms with van der Waals surface area (Å²) in [7, 11) is 2.10. The number of likely N-dealkylation sites (N-methyl/N-ethyl adjacent to an activating group) is 1. The zero-order valence-corrected chi connectivity index (χ0v) is 8.68. The fourth-order valence-electron chi connectivity index (χ4n) is 2.55. The first-order valence-electron chi connectivity index (χ1n) is 5.83. The van der Waals surface area contributed by atoms with Crippen molar-refractivity contribution < 1.29 is 0 Å². The molecule has 2 fully saturated rings. The average Bonchev–Trinajstić information content (AvgIpc) is 2.12. The first kappa shape index (κ1) is 9.47. The molecule has 2 heteroatoms. The molecule has 2 nitrogen and oxygen atoms in total. The van der Waals surface area contributed by atoms with E-state index in [9.17, 15) is 0 Å². The second-order valence-electron chi connectivity index (χ2n) is 4.58. The van der Waals surface area contributed by atoms with Crippen molar-refractivity contribution in [3.05, 3.63) is 0 Å². The highest BCUT2D eigenvalue weighted by atomic mass is 15.0. The minimum atomic E-state index is 0.731. The number of rotatable bonds is 3. The molecule has 0 saturated heterocycles. The summed E-state index contributed by atoms with van der Waals surface area (Å²) in [6.07, 6.45) is 9.83. The smallest absolute Gasteiger partial charge is 0.0223 e. The van der Waals surface area contributed by atoms with Crippen molar-refractivity contribution in [3.8, 4) is 0 Å². The SMILES string of the molecule is CN[C@H]1CCCC[C@@H]1NC1CCC1. The maximum atomic E-state index is 3.79. The normalized spacial score (nSPS) is 35.8. The van der Waals surface area contributed by atoms with Gasteiger partial charge in [-0.25, -0.2) is 0 Å². The fraction of sp³-hybridized carbons (Fsp3) is 1.00. The van der Waals surface area contributed by atoms with Crippen molar-refractivity contribution in [2.45, 2.75) is 63.1 Å². The minimum Gasteiger partial charge on any atom is -0.315 e. The van der Waals surface area contributed by atoms with Gasteiger partial charge in [0.15, 0.2) is 0 Å². The summed E-state index contributed by atoms with van der Waals surface area (Å²) < 4.78 is 0. The van der Waals surface area contributed by atoms with Crippen molar-refractivity contribution in [1.29, 1.82) is 0 Å². The van der Waals surface area contributed by atoms with E-state index in [4.69, 9.17) is 0 Å². The molecular weight excluding hydrogens is 160 g/mol. The van der Waals surface area contributed by atoms with Crippen molar-refractivity contribution >= 4 is 0 Å². The molecule has 76 valence electrons. The topological polar surface area (TPSA) is 24.1 Å². The molecule has 13 heavy (non-hydrogen) atoms. The third-order valence-corrected chi connectivity index (χ3v) is 3.69. The van der Waals surface area contributed by atoms with Gasteiger partial charge in [-0.3, -0.25) is 0 Å². The van der Waals surface area contributed by atoms with E-state index in [0.29, 0.717) is 0 Å². The number of hydrogen-bond acceptors (Lipinski definition) is 2. The Hall–Kier alpha value is -0.0800. The molecule has 2 aliphatic rings. The predicted molar refractivity (Wildman–Crippen MR) is 55.9 cm³/mol. The maximum absolute atomic E-state index is 3.79. The Morgan fingerprint density at radius 2 is 1.54 bits per heavy atom. The van der Waals surface area contributed by atoms with E-state index in [2.05, 4.69) is 17.7 Å². The Kier molecular flexibility index (Phi) is 3.23. The van der Waals surface area contributed by atoms with Gasteiger partial charge in [-0.15, -0.1) is 0 Å². The molecule has 2 saturated carbocycles. The van der Waals surface area contributed by atoms with E-state index < -0.39 is 0 Å². The van der Waals surface area contributed by atoms with E-state index in [0.717, 1.165) is 18.1 Å². The van der Waals surface area contributed by atoms with Crippen molar-refractivity contribution in [1.82, 2.24) is 10.6 Å². The average molecular weight is 182 g/mol. The lowest BCUT2D eigenvalue weighted by Crippen LogP contribution is -2.53. The fourth-order valence-corrected chi connectivity index (χ4v) is 2.55. The van der Waals surface area contributed by atoms with Crippen LogP contribution < -0.4 is 10.6 Å². The largest absolute Gasteiger partial charge is 0.315 e. The first-order valence-corrected chi connectivity index (χ1v) is 5.83. The van der Waals surface area contributed by atoms with Crippen molar-refractivity contribution in [2.24, 2.45) is 0 Å². The molecule has 2 N–H and O–H groups in total. The van der Waals surface area contributed by atoms with Crippen LogP contribution in [0.25, 0.3) is 0 Å². The summed E-state index contributed by atoms with van der Waals surface area (Å²) in [6, 6.07) is 2.33. The summed E-state index contributed by atoms with van der Waals surface area (Å²) >= 11 is 0. The van der Waals surface area contributed by atoms with Crippen LogP contribution in [0.2, 0.25) is 0 Å². The van der Waals surface area contributed by atoms with Gasteiger partial charge in [-0.2, -0.15) is 0 Å². The van der Waals surface area contributed by atoms with Gasteiger partial charge in [0.25, 0.3) is 0 Å². The molecule has 0 spiro atoms. The van der Waals surface area contributed by atoms with Crippen LogP contribution in [0.15, 0.2) is 0 Å². The Bertz CT molecular complexity index is 154. The van der Waals surface area contributed by atoms with Gasteiger partial charge in [-0.05, 0) is 32.7 Å². The predicted octanol–water partition coefficient (Wildman–Crippen LogP) is 1.66. The number of hydrogen-bond donors (Lipinski definition) is 2. The summed E-state index contributed by atoms with van der Waals surface area (Å²) in [4.78, 5) is 0. The van der Waals surface area contributed by atoms with Gasteiger partial charge in [0.05, 0.1) is 0 Å². The molecule has 2 rings (SSSR count). The van der Waals surface area contributed by atoms with Crippen LogP contribution in [0.3, 0.4) is 0 Å². The van der Waals surface area contributed by atoms with E-state index in [1.807, 2.05) is 0 Å². The Morgan fingerprint density at radius 3 is 2.08 bits per heavy atom. The summed E-state index contributed by atoms with van der Waals surface area (Å²) in [5.41, 5.74) is 0. The van der Waals surface area contributed by atoms with Gasteiger partial charge < -0.3 is 10.6 Å². The van der Waals surface area contributed by atoms with Gasteiger partial charge in [0.2, 0.25) is 0 Å². The first-order chi connectivity index (χ1) is 6.40. The van der Waals surface area contributed by atoms with Gasteiger partial charge >= 0.3 is 0 Å². The highest BCUT2D eigenvalue weighted by Gasteiger charge is 2.27. The van der Waals surface area contributed by atoms with E-state index >= 15 is 0 Å². The highest BCUT2D eigenvalue weighted by molar-refractivity contribution is 4.89. The summed E-state index contributed by atoms with van der Waals surface area (Å²) in [6.45, 7) is 0. The Balaban J connectivity index is 1.79. The molecule has 0 aliphatic heterocycles. The molecular formula is C11H22N2.